The van der Waals surface area contributed by atoms with Crippen molar-refractivity contribution in [3.63, 3.8) is 0 Å². The van der Waals surface area contributed by atoms with E-state index >= 15 is 0 Å². The van der Waals surface area contributed by atoms with Crippen LogP contribution in [-0.4, -0.2) is 5.11 Å². The van der Waals surface area contributed by atoms with E-state index in [2.05, 4.69) is 41.3 Å². The minimum Gasteiger partial charge on any atom is -0.508 e. The van der Waals surface area contributed by atoms with Crippen LogP contribution in [0.4, 0.5) is 17.1 Å². The molecule has 4 aromatic rings. The SMILES string of the molecule is Oc1ccc2cc(N(c3ccccc3)c3ccccc3)ccc2c1. The Kier molecular flexibility index (Phi) is 3.64. The van der Waals surface area contributed by atoms with Crippen molar-refractivity contribution in [1.29, 1.82) is 0 Å². The highest BCUT2D eigenvalue weighted by Gasteiger charge is 2.12. The van der Waals surface area contributed by atoms with Gasteiger partial charge in [0, 0.05) is 17.1 Å². The van der Waals surface area contributed by atoms with Crippen molar-refractivity contribution >= 4 is 27.8 Å². The first kappa shape index (κ1) is 14.3. The molecule has 0 aliphatic carbocycles. The Morgan fingerprint density at radius 2 is 1.04 bits per heavy atom. The summed E-state index contributed by atoms with van der Waals surface area (Å²) in [4.78, 5) is 2.23. The Bertz CT molecular complexity index is 925. The molecule has 0 saturated heterocycles. The quantitative estimate of drug-likeness (QED) is 0.500. The van der Waals surface area contributed by atoms with Crippen LogP contribution in [0.3, 0.4) is 0 Å². The number of rotatable bonds is 3. The number of aromatic hydroxyl groups is 1. The van der Waals surface area contributed by atoms with Gasteiger partial charge < -0.3 is 10.0 Å². The largest absolute Gasteiger partial charge is 0.508 e. The molecule has 0 unspecified atom stereocenters. The molecule has 0 radical (unpaired) electrons. The number of hydrogen-bond donors (Lipinski definition) is 1. The molecule has 4 rings (SSSR count). The summed E-state index contributed by atoms with van der Waals surface area (Å²) in [7, 11) is 0. The molecule has 1 N–H and O–H groups in total. The number of benzene rings is 4. The van der Waals surface area contributed by atoms with Crippen LogP contribution in [0.25, 0.3) is 10.8 Å². The fourth-order valence-electron chi connectivity index (χ4n) is 2.96. The Morgan fingerprint density at radius 3 is 1.67 bits per heavy atom. The van der Waals surface area contributed by atoms with Crippen LogP contribution in [0.1, 0.15) is 0 Å². The summed E-state index contributed by atoms with van der Waals surface area (Å²) >= 11 is 0. The van der Waals surface area contributed by atoms with Crippen LogP contribution in [0.5, 0.6) is 5.75 Å². The van der Waals surface area contributed by atoms with Crippen LogP contribution in [0.15, 0.2) is 97.1 Å². The molecule has 0 aliphatic heterocycles. The van der Waals surface area contributed by atoms with Gasteiger partial charge in [0.25, 0.3) is 0 Å². The number of phenolic OH excluding ortho intramolecular Hbond substituents is 1. The fourth-order valence-corrected chi connectivity index (χ4v) is 2.96. The van der Waals surface area contributed by atoms with Crippen molar-refractivity contribution in [3.8, 4) is 5.75 Å². The van der Waals surface area contributed by atoms with Gasteiger partial charge in [-0.25, -0.2) is 0 Å². The van der Waals surface area contributed by atoms with E-state index in [4.69, 9.17) is 0 Å². The van der Waals surface area contributed by atoms with Gasteiger partial charge in [0.05, 0.1) is 0 Å². The minimum absolute atomic E-state index is 0.290. The molecule has 2 heteroatoms. The lowest BCUT2D eigenvalue weighted by molar-refractivity contribution is 0.476. The molecule has 0 heterocycles. The van der Waals surface area contributed by atoms with Gasteiger partial charge in [0.15, 0.2) is 0 Å². The highest BCUT2D eigenvalue weighted by Crippen LogP contribution is 2.36. The first-order chi connectivity index (χ1) is 11.8. The fraction of sp³-hybridized carbons (Fsp3) is 0. The van der Waals surface area contributed by atoms with Crippen molar-refractivity contribution in [1.82, 2.24) is 0 Å². The smallest absolute Gasteiger partial charge is 0.116 e. The molecule has 2 nitrogen and oxygen atoms in total. The maximum Gasteiger partial charge on any atom is 0.116 e. The lowest BCUT2D eigenvalue weighted by atomic mass is 10.1. The van der Waals surface area contributed by atoms with E-state index in [-0.39, 0.29) is 0 Å². The van der Waals surface area contributed by atoms with Crippen LogP contribution in [-0.2, 0) is 0 Å². The third kappa shape index (κ3) is 2.70. The molecule has 116 valence electrons. The zero-order chi connectivity index (χ0) is 16.4. The molecule has 0 aliphatic rings. The summed E-state index contributed by atoms with van der Waals surface area (Å²) in [6.45, 7) is 0. The number of fused-ring (bicyclic) bond motifs is 1. The van der Waals surface area contributed by atoms with Crippen molar-refractivity contribution < 1.29 is 5.11 Å². The van der Waals surface area contributed by atoms with Gasteiger partial charge in [-0.3, -0.25) is 0 Å². The molecular formula is C22H17NO. The molecule has 0 atom stereocenters. The summed E-state index contributed by atoms with van der Waals surface area (Å²) < 4.78 is 0. The van der Waals surface area contributed by atoms with Crippen LogP contribution in [0.2, 0.25) is 0 Å². The van der Waals surface area contributed by atoms with E-state index in [9.17, 15) is 5.11 Å². The van der Waals surface area contributed by atoms with Crippen molar-refractivity contribution in [3.05, 3.63) is 97.1 Å². The molecular weight excluding hydrogens is 294 g/mol. The Labute approximate surface area is 141 Å². The van der Waals surface area contributed by atoms with Crippen molar-refractivity contribution in [2.45, 2.75) is 0 Å². The molecule has 0 bridgehead atoms. The zero-order valence-electron chi connectivity index (χ0n) is 13.1. The van der Waals surface area contributed by atoms with Crippen molar-refractivity contribution in [2.75, 3.05) is 4.90 Å². The Hall–Kier alpha value is -3.26. The van der Waals surface area contributed by atoms with Gasteiger partial charge in [-0.15, -0.1) is 0 Å². The number of hydrogen-bond acceptors (Lipinski definition) is 2. The molecule has 4 aromatic carbocycles. The van der Waals surface area contributed by atoms with Crippen molar-refractivity contribution in [2.24, 2.45) is 0 Å². The minimum atomic E-state index is 0.290. The van der Waals surface area contributed by atoms with Crippen LogP contribution >= 0.6 is 0 Å². The number of nitrogens with zero attached hydrogens (tertiary/aromatic N) is 1. The summed E-state index contributed by atoms with van der Waals surface area (Å²) in [5.74, 6) is 0.290. The molecule has 0 fully saturated rings. The first-order valence-electron chi connectivity index (χ1n) is 7.94. The third-order valence-corrected chi connectivity index (χ3v) is 4.09. The zero-order valence-corrected chi connectivity index (χ0v) is 13.1. The van der Waals surface area contributed by atoms with Gasteiger partial charge in [-0.05, 0) is 59.3 Å². The summed E-state index contributed by atoms with van der Waals surface area (Å²) in [6.07, 6.45) is 0. The monoisotopic (exact) mass is 311 g/mol. The van der Waals surface area contributed by atoms with Gasteiger partial charge in [0.1, 0.15) is 5.75 Å². The van der Waals surface area contributed by atoms with E-state index in [1.807, 2.05) is 48.5 Å². The Morgan fingerprint density at radius 1 is 0.500 bits per heavy atom. The highest BCUT2D eigenvalue weighted by molar-refractivity contribution is 5.90. The highest BCUT2D eigenvalue weighted by atomic mass is 16.3. The van der Waals surface area contributed by atoms with Gasteiger partial charge >= 0.3 is 0 Å². The normalized spacial score (nSPS) is 10.7. The van der Waals surface area contributed by atoms with E-state index in [0.717, 1.165) is 27.8 Å². The second kappa shape index (κ2) is 6.09. The van der Waals surface area contributed by atoms with E-state index in [1.165, 1.54) is 0 Å². The molecule has 0 aromatic heterocycles. The number of phenols is 1. The third-order valence-electron chi connectivity index (χ3n) is 4.09. The lowest BCUT2D eigenvalue weighted by Gasteiger charge is -2.25. The van der Waals surface area contributed by atoms with Gasteiger partial charge in [0.2, 0.25) is 0 Å². The van der Waals surface area contributed by atoms with E-state index in [0.29, 0.717) is 5.75 Å². The van der Waals surface area contributed by atoms with Crippen LogP contribution < -0.4 is 4.90 Å². The summed E-state index contributed by atoms with van der Waals surface area (Å²) in [5.41, 5.74) is 3.31. The van der Waals surface area contributed by atoms with Gasteiger partial charge in [-0.2, -0.15) is 0 Å². The standard InChI is InChI=1S/C22H17NO/c24-22-14-12-17-15-21(13-11-18(17)16-22)23(19-7-3-1-4-8-19)20-9-5-2-6-10-20/h1-16,24H. The predicted molar refractivity (Wildman–Crippen MR) is 100 cm³/mol. The second-order valence-electron chi connectivity index (χ2n) is 5.72. The maximum absolute atomic E-state index is 9.65. The molecule has 0 saturated carbocycles. The maximum atomic E-state index is 9.65. The average molecular weight is 311 g/mol. The second-order valence-corrected chi connectivity index (χ2v) is 5.72. The molecule has 0 spiro atoms. The molecule has 24 heavy (non-hydrogen) atoms. The Balaban J connectivity index is 1.89. The lowest BCUT2D eigenvalue weighted by Crippen LogP contribution is -2.09. The van der Waals surface area contributed by atoms with E-state index in [1.54, 1.807) is 12.1 Å². The molecule has 0 amide bonds. The number of anilines is 3. The number of para-hydroxylation sites is 2. The van der Waals surface area contributed by atoms with E-state index < -0.39 is 0 Å². The average Bonchev–Trinajstić information content (AvgIpc) is 2.64. The topological polar surface area (TPSA) is 23.5 Å². The summed E-state index contributed by atoms with van der Waals surface area (Å²) in [5, 5.41) is 11.8. The first-order valence-corrected chi connectivity index (χ1v) is 7.94. The van der Waals surface area contributed by atoms with Gasteiger partial charge in [-0.1, -0.05) is 48.5 Å². The summed E-state index contributed by atoms with van der Waals surface area (Å²) in [6, 6.07) is 32.4. The predicted octanol–water partition coefficient (Wildman–Crippen LogP) is 6.02. The van der Waals surface area contributed by atoms with Crippen LogP contribution in [0, 0.1) is 0 Å².